The number of methoxy groups -OCH3 is 1. The molecule has 25 heavy (non-hydrogen) atoms. The number of carbonyl (C=O) groups is 2. The number of hydrogen-bond acceptors (Lipinski definition) is 6. The van der Waals surface area contributed by atoms with Crippen molar-refractivity contribution < 1.29 is 18.7 Å². The zero-order valence-corrected chi connectivity index (χ0v) is 14.6. The monoisotopic (exact) mass is 361 g/mol. The molecule has 1 aliphatic heterocycles. The Morgan fingerprint density at radius 2 is 2.16 bits per heavy atom. The van der Waals surface area contributed by atoms with Crippen LogP contribution in [0.4, 0.5) is 10.1 Å². The van der Waals surface area contributed by atoms with Crippen molar-refractivity contribution in [2.75, 3.05) is 24.8 Å². The Hall–Kier alpha value is -2.48. The number of carbonyl (C=O) groups excluding carboxylic acids is 2. The summed E-state index contributed by atoms with van der Waals surface area (Å²) in [6, 6.07) is 4.48. The van der Waals surface area contributed by atoms with Crippen LogP contribution in [0, 0.1) is 5.82 Å². The first kappa shape index (κ1) is 17.3. The van der Waals surface area contributed by atoms with Crippen LogP contribution in [0.15, 0.2) is 29.6 Å². The van der Waals surface area contributed by atoms with E-state index >= 15 is 0 Å². The molecule has 0 radical (unpaired) electrons. The number of esters is 1. The Bertz CT molecular complexity index is 844. The van der Waals surface area contributed by atoms with Crippen molar-refractivity contribution in [3.8, 4) is 11.1 Å². The molecule has 2 aromatic rings. The van der Waals surface area contributed by atoms with Gasteiger partial charge in [0.2, 0.25) is 5.91 Å². The summed E-state index contributed by atoms with van der Waals surface area (Å²) in [7, 11) is 1.24. The van der Waals surface area contributed by atoms with Crippen LogP contribution >= 0.6 is 11.8 Å². The van der Waals surface area contributed by atoms with Gasteiger partial charge in [0.25, 0.3) is 0 Å². The van der Waals surface area contributed by atoms with Gasteiger partial charge < -0.3 is 9.64 Å². The first-order chi connectivity index (χ1) is 12.0. The molecule has 0 saturated carbocycles. The molecule has 3 rings (SSSR count). The van der Waals surface area contributed by atoms with Gasteiger partial charge in [-0.2, -0.15) is 0 Å². The lowest BCUT2D eigenvalue weighted by Crippen LogP contribution is -2.23. The Labute approximate surface area is 148 Å². The Balaban J connectivity index is 2.04. The lowest BCUT2D eigenvalue weighted by molar-refractivity contribution is -0.117. The molecule has 1 aromatic carbocycles. The standard InChI is InChI=1S/C17H16FN3O3S/c1-24-16(23)15-12(9-19-17(20-15)25-2)11-6-5-10(8-13(11)18)21-7-3-4-14(21)22/h5-6,8-9H,3-4,7H2,1-2H3. The molecule has 1 amide bonds. The Kier molecular flexibility index (Phi) is 4.98. The van der Waals surface area contributed by atoms with E-state index in [0.29, 0.717) is 23.8 Å². The first-order valence-electron chi connectivity index (χ1n) is 7.64. The molecule has 6 nitrogen and oxygen atoms in total. The highest BCUT2D eigenvalue weighted by molar-refractivity contribution is 7.98. The van der Waals surface area contributed by atoms with Crippen LogP contribution in [0.25, 0.3) is 11.1 Å². The van der Waals surface area contributed by atoms with Crippen LogP contribution in [-0.4, -0.2) is 41.8 Å². The van der Waals surface area contributed by atoms with Gasteiger partial charge in [-0.3, -0.25) is 4.79 Å². The summed E-state index contributed by atoms with van der Waals surface area (Å²) in [5, 5.41) is 0.392. The molecule has 1 aliphatic rings. The molecule has 0 N–H and O–H groups in total. The smallest absolute Gasteiger partial charge is 0.357 e. The number of halogens is 1. The van der Waals surface area contributed by atoms with Crippen molar-refractivity contribution in [1.29, 1.82) is 0 Å². The van der Waals surface area contributed by atoms with E-state index < -0.39 is 11.8 Å². The van der Waals surface area contributed by atoms with Gasteiger partial charge in [-0.05, 0) is 30.9 Å². The van der Waals surface area contributed by atoms with Gasteiger partial charge in [0, 0.05) is 36.0 Å². The average Bonchev–Trinajstić information content (AvgIpc) is 3.06. The lowest BCUT2D eigenvalue weighted by atomic mass is 10.0. The van der Waals surface area contributed by atoms with Crippen LogP contribution < -0.4 is 4.90 Å². The highest BCUT2D eigenvalue weighted by atomic mass is 32.2. The third kappa shape index (κ3) is 3.34. The molecule has 1 saturated heterocycles. The van der Waals surface area contributed by atoms with Crippen molar-refractivity contribution >= 4 is 29.3 Å². The summed E-state index contributed by atoms with van der Waals surface area (Å²) < 4.78 is 19.4. The second-order valence-electron chi connectivity index (χ2n) is 5.42. The van der Waals surface area contributed by atoms with Gasteiger partial charge in [-0.15, -0.1) is 0 Å². The second kappa shape index (κ2) is 7.18. The topological polar surface area (TPSA) is 72.4 Å². The maximum Gasteiger partial charge on any atom is 0.357 e. The van der Waals surface area contributed by atoms with Crippen LogP contribution in [-0.2, 0) is 9.53 Å². The molecule has 0 unspecified atom stereocenters. The number of ether oxygens (including phenoxy) is 1. The van der Waals surface area contributed by atoms with Crippen molar-refractivity contribution in [1.82, 2.24) is 9.97 Å². The summed E-state index contributed by atoms with van der Waals surface area (Å²) in [6.07, 6.45) is 4.42. The minimum atomic E-state index is -0.661. The van der Waals surface area contributed by atoms with Crippen molar-refractivity contribution in [2.45, 2.75) is 18.0 Å². The van der Waals surface area contributed by atoms with E-state index in [1.807, 2.05) is 0 Å². The van der Waals surface area contributed by atoms with E-state index in [4.69, 9.17) is 4.74 Å². The molecule has 1 aromatic heterocycles. The first-order valence-corrected chi connectivity index (χ1v) is 8.87. The highest BCUT2D eigenvalue weighted by Crippen LogP contribution is 2.31. The van der Waals surface area contributed by atoms with Crippen molar-refractivity contribution in [3.63, 3.8) is 0 Å². The van der Waals surface area contributed by atoms with E-state index in [1.54, 1.807) is 17.2 Å². The molecule has 130 valence electrons. The zero-order chi connectivity index (χ0) is 18.0. The number of amides is 1. The highest BCUT2D eigenvalue weighted by Gasteiger charge is 2.24. The fraction of sp³-hybridized carbons (Fsp3) is 0.294. The summed E-state index contributed by atoms with van der Waals surface area (Å²) in [5.74, 6) is -1.23. The summed E-state index contributed by atoms with van der Waals surface area (Å²) >= 11 is 1.27. The third-order valence-electron chi connectivity index (χ3n) is 3.96. The fourth-order valence-corrected chi connectivity index (χ4v) is 3.07. The largest absolute Gasteiger partial charge is 0.464 e. The molecule has 0 atom stereocenters. The van der Waals surface area contributed by atoms with Crippen LogP contribution in [0.3, 0.4) is 0 Å². The molecule has 1 fully saturated rings. The van der Waals surface area contributed by atoms with E-state index in [-0.39, 0.29) is 22.7 Å². The summed E-state index contributed by atoms with van der Waals surface area (Å²) in [4.78, 5) is 33.6. The number of benzene rings is 1. The number of hydrogen-bond donors (Lipinski definition) is 0. The van der Waals surface area contributed by atoms with Gasteiger partial charge in [0.05, 0.1) is 7.11 Å². The molecule has 0 spiro atoms. The maximum atomic E-state index is 14.7. The Morgan fingerprint density at radius 1 is 1.36 bits per heavy atom. The number of nitrogens with zero attached hydrogens (tertiary/aromatic N) is 3. The summed E-state index contributed by atoms with van der Waals surface area (Å²) in [6.45, 7) is 0.580. The SMILES string of the molecule is COC(=O)c1nc(SC)ncc1-c1ccc(N2CCCC2=O)cc1F. The average molecular weight is 361 g/mol. The lowest BCUT2D eigenvalue weighted by Gasteiger charge is -2.17. The molecule has 0 aliphatic carbocycles. The van der Waals surface area contributed by atoms with Crippen LogP contribution in [0.1, 0.15) is 23.3 Å². The molecular weight excluding hydrogens is 345 g/mol. The van der Waals surface area contributed by atoms with Gasteiger partial charge in [0.1, 0.15) is 5.82 Å². The van der Waals surface area contributed by atoms with Gasteiger partial charge >= 0.3 is 5.97 Å². The number of anilines is 1. The van der Waals surface area contributed by atoms with Gasteiger partial charge in [0.15, 0.2) is 10.9 Å². The van der Waals surface area contributed by atoms with E-state index in [2.05, 4.69) is 9.97 Å². The predicted molar refractivity (Wildman–Crippen MR) is 92.1 cm³/mol. The fourth-order valence-electron chi connectivity index (χ4n) is 2.72. The van der Waals surface area contributed by atoms with Crippen LogP contribution in [0.2, 0.25) is 0 Å². The van der Waals surface area contributed by atoms with Crippen molar-refractivity contribution in [3.05, 3.63) is 35.9 Å². The third-order valence-corrected chi connectivity index (χ3v) is 4.52. The minimum Gasteiger partial charge on any atom is -0.464 e. The van der Waals surface area contributed by atoms with Crippen LogP contribution in [0.5, 0.6) is 0 Å². The minimum absolute atomic E-state index is 0.00532. The van der Waals surface area contributed by atoms with Gasteiger partial charge in [-0.1, -0.05) is 11.8 Å². The number of aromatic nitrogens is 2. The zero-order valence-electron chi connectivity index (χ0n) is 13.8. The molecule has 0 bridgehead atoms. The number of rotatable bonds is 4. The maximum absolute atomic E-state index is 14.7. The van der Waals surface area contributed by atoms with E-state index in [1.165, 1.54) is 37.2 Å². The van der Waals surface area contributed by atoms with E-state index in [0.717, 1.165) is 6.42 Å². The second-order valence-corrected chi connectivity index (χ2v) is 6.20. The van der Waals surface area contributed by atoms with E-state index in [9.17, 15) is 14.0 Å². The quantitative estimate of drug-likeness (QED) is 0.474. The molecule has 2 heterocycles. The van der Waals surface area contributed by atoms with Crippen molar-refractivity contribution in [2.24, 2.45) is 0 Å². The molecule has 8 heteroatoms. The van der Waals surface area contributed by atoms with Gasteiger partial charge in [-0.25, -0.2) is 19.2 Å². The number of thioether (sulfide) groups is 1. The molecular formula is C17H16FN3O3S. The predicted octanol–water partition coefficient (Wildman–Crippen LogP) is 2.92. The Morgan fingerprint density at radius 3 is 2.76 bits per heavy atom. The normalized spacial score (nSPS) is 14.0. The summed E-state index contributed by atoms with van der Waals surface area (Å²) in [5.41, 5.74) is 0.945.